The highest BCUT2D eigenvalue weighted by Gasteiger charge is 2.05. The van der Waals surface area contributed by atoms with Crippen LogP contribution in [-0.4, -0.2) is 33.2 Å². The summed E-state index contributed by atoms with van der Waals surface area (Å²) in [6.07, 6.45) is 2.93. The second kappa shape index (κ2) is 7.98. The molecule has 1 aromatic rings. The minimum Gasteiger partial charge on any atom is -0.513 e. The molecule has 3 N–H and O–H groups in total. The van der Waals surface area contributed by atoms with Crippen LogP contribution in [0.2, 0.25) is 0 Å². The molecule has 0 spiro atoms. The molecule has 2 amide bonds. The number of hydrogen-bond acceptors (Lipinski definition) is 4. The molecule has 0 aliphatic rings. The summed E-state index contributed by atoms with van der Waals surface area (Å²) in [7, 11) is 0. The zero-order chi connectivity index (χ0) is 15.0. The summed E-state index contributed by atoms with van der Waals surface area (Å²) >= 11 is 0. The van der Waals surface area contributed by atoms with Crippen LogP contribution in [0, 0.1) is 0 Å². The number of amides is 2. The summed E-state index contributed by atoms with van der Waals surface area (Å²) in [4.78, 5) is 22.5. The van der Waals surface area contributed by atoms with Crippen molar-refractivity contribution in [3.05, 3.63) is 24.6 Å². The van der Waals surface area contributed by atoms with Gasteiger partial charge < -0.3 is 15.7 Å². The van der Waals surface area contributed by atoms with Gasteiger partial charge in [0.1, 0.15) is 5.82 Å². The number of anilines is 1. The van der Waals surface area contributed by atoms with Gasteiger partial charge in [-0.1, -0.05) is 6.58 Å². The third-order valence-electron chi connectivity index (χ3n) is 2.54. The molecule has 1 aromatic heterocycles. The number of aliphatic hydroxyl groups excluding tert-OH is 1. The largest absolute Gasteiger partial charge is 0.513 e. The number of carbonyl (C=O) groups is 2. The van der Waals surface area contributed by atoms with Gasteiger partial charge in [0, 0.05) is 32.4 Å². The Morgan fingerprint density at radius 3 is 2.85 bits per heavy atom. The lowest BCUT2D eigenvalue weighted by Gasteiger charge is -2.08. The number of allylic oxidation sites excluding steroid dienone is 1. The van der Waals surface area contributed by atoms with Gasteiger partial charge in [-0.3, -0.25) is 9.59 Å². The lowest BCUT2D eigenvalue weighted by Crippen LogP contribution is -2.27. The summed E-state index contributed by atoms with van der Waals surface area (Å²) in [6, 6.07) is 1.69. The average Bonchev–Trinajstić information content (AvgIpc) is 2.75. The lowest BCUT2D eigenvalue weighted by molar-refractivity contribution is -0.121. The van der Waals surface area contributed by atoms with E-state index in [1.54, 1.807) is 16.9 Å². The summed E-state index contributed by atoms with van der Waals surface area (Å²) in [6.45, 7) is 5.68. The molecule has 7 heteroatoms. The van der Waals surface area contributed by atoms with E-state index in [4.69, 9.17) is 5.11 Å². The maximum absolute atomic E-state index is 11.5. The Kier molecular flexibility index (Phi) is 6.28. The third-order valence-corrected chi connectivity index (χ3v) is 2.54. The Hall–Kier alpha value is -2.31. The van der Waals surface area contributed by atoms with E-state index < -0.39 is 0 Å². The van der Waals surface area contributed by atoms with E-state index in [1.807, 2.05) is 0 Å². The zero-order valence-corrected chi connectivity index (χ0v) is 11.6. The van der Waals surface area contributed by atoms with E-state index in [-0.39, 0.29) is 17.6 Å². The minimum atomic E-state index is -0.167. The molecule has 20 heavy (non-hydrogen) atoms. The molecule has 0 aliphatic heterocycles. The molecule has 7 nitrogen and oxygen atoms in total. The van der Waals surface area contributed by atoms with Gasteiger partial charge in [-0.2, -0.15) is 5.10 Å². The fourth-order valence-corrected chi connectivity index (χ4v) is 1.64. The van der Waals surface area contributed by atoms with E-state index in [2.05, 4.69) is 22.3 Å². The van der Waals surface area contributed by atoms with Crippen LogP contribution in [0.1, 0.15) is 26.2 Å². The Balaban J connectivity index is 2.26. The SMILES string of the molecule is C=C(O)CCCC(=O)NCCn1nccc1NC(C)=O. The summed E-state index contributed by atoms with van der Waals surface area (Å²) < 4.78 is 1.61. The van der Waals surface area contributed by atoms with Crippen molar-refractivity contribution in [3.8, 4) is 0 Å². The first-order valence-electron chi connectivity index (χ1n) is 6.42. The van der Waals surface area contributed by atoms with Crippen LogP contribution in [0.5, 0.6) is 0 Å². The van der Waals surface area contributed by atoms with Gasteiger partial charge >= 0.3 is 0 Å². The molecule has 0 aromatic carbocycles. The topological polar surface area (TPSA) is 96.2 Å². The summed E-state index contributed by atoms with van der Waals surface area (Å²) in [5.41, 5.74) is 0. The predicted octanol–water partition coefficient (Wildman–Crippen LogP) is 1.20. The van der Waals surface area contributed by atoms with Crippen molar-refractivity contribution in [1.29, 1.82) is 0 Å². The summed E-state index contributed by atoms with van der Waals surface area (Å²) in [5, 5.41) is 18.4. The number of aliphatic hydroxyl groups is 1. The van der Waals surface area contributed by atoms with Crippen molar-refractivity contribution >= 4 is 17.6 Å². The first kappa shape index (κ1) is 15.7. The van der Waals surface area contributed by atoms with Gasteiger partial charge in [0.2, 0.25) is 11.8 Å². The second-order valence-electron chi connectivity index (χ2n) is 4.39. The molecule has 0 saturated carbocycles. The average molecular weight is 280 g/mol. The maximum Gasteiger partial charge on any atom is 0.222 e. The van der Waals surface area contributed by atoms with Crippen LogP contribution < -0.4 is 10.6 Å². The number of nitrogens with zero attached hydrogens (tertiary/aromatic N) is 2. The van der Waals surface area contributed by atoms with E-state index in [9.17, 15) is 9.59 Å². The number of aromatic nitrogens is 2. The van der Waals surface area contributed by atoms with Crippen LogP contribution in [0.4, 0.5) is 5.82 Å². The standard InChI is InChI=1S/C13H20N4O3/c1-10(18)4-3-5-13(20)14-8-9-17-12(6-7-15-17)16-11(2)19/h6-7,18H,1,3-5,8-9H2,2H3,(H,14,20)(H,16,19). The van der Waals surface area contributed by atoms with E-state index in [0.29, 0.717) is 38.2 Å². The molecule has 110 valence electrons. The van der Waals surface area contributed by atoms with Crippen LogP contribution in [0.3, 0.4) is 0 Å². The van der Waals surface area contributed by atoms with E-state index in [0.717, 1.165) is 0 Å². The van der Waals surface area contributed by atoms with Crippen LogP contribution in [0.25, 0.3) is 0 Å². The third kappa shape index (κ3) is 6.03. The molecule has 0 aliphatic carbocycles. The van der Waals surface area contributed by atoms with E-state index >= 15 is 0 Å². The smallest absolute Gasteiger partial charge is 0.222 e. The van der Waals surface area contributed by atoms with Crippen molar-refractivity contribution in [2.75, 3.05) is 11.9 Å². The van der Waals surface area contributed by atoms with Gasteiger partial charge in [-0.05, 0) is 6.42 Å². The highest BCUT2D eigenvalue weighted by Crippen LogP contribution is 2.05. The molecule has 0 saturated heterocycles. The van der Waals surface area contributed by atoms with Crippen LogP contribution >= 0.6 is 0 Å². The van der Waals surface area contributed by atoms with Gasteiger partial charge in [0.25, 0.3) is 0 Å². The first-order valence-corrected chi connectivity index (χ1v) is 6.42. The lowest BCUT2D eigenvalue weighted by atomic mass is 10.2. The van der Waals surface area contributed by atoms with Crippen molar-refractivity contribution in [2.45, 2.75) is 32.7 Å². The predicted molar refractivity (Wildman–Crippen MR) is 75.2 cm³/mol. The van der Waals surface area contributed by atoms with Gasteiger partial charge in [0.15, 0.2) is 0 Å². The number of rotatable bonds is 8. The van der Waals surface area contributed by atoms with Crippen LogP contribution in [-0.2, 0) is 16.1 Å². The zero-order valence-electron chi connectivity index (χ0n) is 11.6. The van der Waals surface area contributed by atoms with Gasteiger partial charge in [-0.15, -0.1) is 0 Å². The molecule has 0 radical (unpaired) electrons. The molecule has 1 rings (SSSR count). The molecule has 0 unspecified atom stereocenters. The molecule has 1 heterocycles. The van der Waals surface area contributed by atoms with Crippen molar-refractivity contribution in [3.63, 3.8) is 0 Å². The molecular formula is C13H20N4O3. The number of hydrogen-bond donors (Lipinski definition) is 3. The normalized spacial score (nSPS) is 10.1. The first-order chi connectivity index (χ1) is 9.49. The van der Waals surface area contributed by atoms with Gasteiger partial charge in [0.05, 0.1) is 18.5 Å². The molecule has 0 fully saturated rings. The molecule has 0 bridgehead atoms. The Morgan fingerprint density at radius 2 is 2.20 bits per heavy atom. The monoisotopic (exact) mass is 280 g/mol. The highest BCUT2D eigenvalue weighted by molar-refractivity contribution is 5.87. The highest BCUT2D eigenvalue weighted by atomic mass is 16.3. The second-order valence-corrected chi connectivity index (χ2v) is 4.39. The fraction of sp³-hybridized carbons (Fsp3) is 0.462. The van der Waals surface area contributed by atoms with Crippen molar-refractivity contribution < 1.29 is 14.7 Å². The van der Waals surface area contributed by atoms with E-state index in [1.165, 1.54) is 6.92 Å². The quantitative estimate of drug-likeness (QED) is 0.623. The Morgan fingerprint density at radius 1 is 1.45 bits per heavy atom. The fourth-order valence-electron chi connectivity index (χ4n) is 1.64. The maximum atomic E-state index is 11.5. The minimum absolute atomic E-state index is 0.0838. The van der Waals surface area contributed by atoms with Gasteiger partial charge in [-0.25, -0.2) is 4.68 Å². The number of nitrogens with one attached hydrogen (secondary N) is 2. The summed E-state index contributed by atoms with van der Waals surface area (Å²) in [5.74, 6) is 0.442. The Bertz CT molecular complexity index is 482. The van der Waals surface area contributed by atoms with Crippen molar-refractivity contribution in [2.24, 2.45) is 0 Å². The van der Waals surface area contributed by atoms with Crippen molar-refractivity contribution in [1.82, 2.24) is 15.1 Å². The molecular weight excluding hydrogens is 260 g/mol. The number of carbonyl (C=O) groups excluding carboxylic acids is 2. The van der Waals surface area contributed by atoms with Crippen LogP contribution in [0.15, 0.2) is 24.6 Å². The Labute approximate surface area is 117 Å². The molecule has 0 atom stereocenters.